The second kappa shape index (κ2) is 12.0. The second-order valence-corrected chi connectivity index (χ2v) is 8.39. The van der Waals surface area contributed by atoms with Gasteiger partial charge in [-0.15, -0.1) is 0 Å². The van der Waals surface area contributed by atoms with E-state index in [0.717, 1.165) is 64.1 Å². The van der Waals surface area contributed by atoms with Crippen molar-refractivity contribution in [3.8, 4) is 6.07 Å². The summed E-state index contributed by atoms with van der Waals surface area (Å²) in [6, 6.07) is 8.83. The van der Waals surface area contributed by atoms with Crippen LogP contribution in [-0.2, 0) is 9.47 Å². The Morgan fingerprint density at radius 2 is 1.73 bits per heavy atom. The summed E-state index contributed by atoms with van der Waals surface area (Å²) in [4.78, 5) is 17.3. The van der Waals surface area contributed by atoms with Crippen LogP contribution in [0, 0.1) is 23.2 Å². The van der Waals surface area contributed by atoms with Crippen LogP contribution in [0.2, 0.25) is 0 Å². The van der Waals surface area contributed by atoms with Crippen molar-refractivity contribution in [1.82, 2.24) is 15.1 Å². The highest BCUT2D eigenvalue weighted by Gasteiger charge is 2.33. The van der Waals surface area contributed by atoms with Crippen LogP contribution in [0.4, 0.5) is 0 Å². The Labute approximate surface area is 179 Å². The molecular weight excluding hydrogens is 380 g/mol. The summed E-state index contributed by atoms with van der Waals surface area (Å²) in [7, 11) is 1.70. The highest BCUT2D eigenvalue weighted by atomic mass is 16.5. The molecule has 7 nitrogen and oxygen atoms in total. The van der Waals surface area contributed by atoms with Gasteiger partial charge in [0.2, 0.25) is 0 Å². The Kier molecular flexibility index (Phi) is 9.09. The molecule has 2 bridgehead atoms. The van der Waals surface area contributed by atoms with Crippen molar-refractivity contribution in [2.75, 3.05) is 72.7 Å². The topological polar surface area (TPSA) is 77.8 Å². The van der Waals surface area contributed by atoms with Crippen molar-refractivity contribution in [3.63, 3.8) is 0 Å². The van der Waals surface area contributed by atoms with Crippen molar-refractivity contribution in [1.29, 1.82) is 5.26 Å². The quantitative estimate of drug-likeness (QED) is 0.554. The Morgan fingerprint density at radius 1 is 1.07 bits per heavy atom. The van der Waals surface area contributed by atoms with E-state index in [1.54, 1.807) is 31.4 Å². The Bertz CT molecular complexity index is 689. The number of carbonyl (C=O) groups excluding carboxylic acids is 1. The minimum atomic E-state index is -0.0710. The molecule has 1 amide bonds. The van der Waals surface area contributed by atoms with E-state index in [2.05, 4.69) is 21.2 Å². The van der Waals surface area contributed by atoms with Gasteiger partial charge in [0.25, 0.3) is 5.91 Å². The van der Waals surface area contributed by atoms with Gasteiger partial charge in [-0.1, -0.05) is 0 Å². The van der Waals surface area contributed by atoms with Crippen LogP contribution in [0.1, 0.15) is 28.8 Å². The molecule has 2 fully saturated rings. The van der Waals surface area contributed by atoms with E-state index in [1.165, 1.54) is 6.42 Å². The maximum absolute atomic E-state index is 12.2. The Morgan fingerprint density at radius 3 is 2.37 bits per heavy atom. The van der Waals surface area contributed by atoms with E-state index in [-0.39, 0.29) is 5.91 Å². The zero-order chi connectivity index (χ0) is 21.2. The summed E-state index contributed by atoms with van der Waals surface area (Å²) >= 11 is 0. The number of carbonyl (C=O) groups is 1. The predicted molar refractivity (Wildman–Crippen MR) is 115 cm³/mol. The van der Waals surface area contributed by atoms with Crippen LogP contribution in [0.3, 0.4) is 0 Å². The molecule has 0 aliphatic carbocycles. The van der Waals surface area contributed by atoms with Crippen molar-refractivity contribution in [2.24, 2.45) is 11.8 Å². The van der Waals surface area contributed by atoms with Crippen molar-refractivity contribution in [3.05, 3.63) is 35.4 Å². The Hall–Kier alpha value is -1.98. The summed E-state index contributed by atoms with van der Waals surface area (Å²) in [5.74, 6) is 1.41. The maximum atomic E-state index is 12.2. The number of hydrogen-bond acceptors (Lipinski definition) is 6. The highest BCUT2D eigenvalue weighted by Crippen LogP contribution is 2.28. The third-order valence-corrected chi connectivity index (χ3v) is 5.93. The first-order chi connectivity index (χ1) is 14.7. The molecule has 2 aliphatic heterocycles. The van der Waals surface area contributed by atoms with Gasteiger partial charge in [0.1, 0.15) is 0 Å². The van der Waals surface area contributed by atoms with Crippen molar-refractivity contribution in [2.45, 2.75) is 12.8 Å². The van der Waals surface area contributed by atoms with E-state index in [4.69, 9.17) is 14.7 Å². The SMILES string of the molecule is COCCOCCN1CC2CC(CN(CCCNC(=O)c3ccc(C#N)cc3)C2)C1. The van der Waals surface area contributed by atoms with Gasteiger partial charge in [-0.2, -0.15) is 5.26 Å². The van der Waals surface area contributed by atoms with Gasteiger partial charge in [-0.25, -0.2) is 0 Å². The van der Waals surface area contributed by atoms with E-state index >= 15 is 0 Å². The first-order valence-electron chi connectivity index (χ1n) is 11.0. The fourth-order valence-corrected chi connectivity index (χ4v) is 4.60. The molecule has 2 atom stereocenters. The molecule has 164 valence electrons. The van der Waals surface area contributed by atoms with Gasteiger partial charge >= 0.3 is 0 Å². The third-order valence-electron chi connectivity index (χ3n) is 5.93. The average molecular weight is 415 g/mol. The molecule has 0 aromatic heterocycles. The molecule has 1 N–H and O–H groups in total. The van der Waals surface area contributed by atoms with E-state index in [1.807, 2.05) is 0 Å². The zero-order valence-corrected chi connectivity index (χ0v) is 18.0. The lowest BCUT2D eigenvalue weighted by atomic mass is 9.84. The molecule has 0 spiro atoms. The number of fused-ring (bicyclic) bond motifs is 2. The number of piperidine rings is 2. The van der Waals surface area contributed by atoms with Crippen LogP contribution in [-0.4, -0.2) is 88.5 Å². The summed E-state index contributed by atoms with van der Waals surface area (Å²) in [6.45, 7) is 9.47. The minimum absolute atomic E-state index is 0.0710. The van der Waals surface area contributed by atoms with Crippen LogP contribution < -0.4 is 5.32 Å². The van der Waals surface area contributed by atoms with Crippen molar-refractivity contribution < 1.29 is 14.3 Å². The van der Waals surface area contributed by atoms with Gasteiger partial charge in [-0.05, 0) is 55.5 Å². The molecule has 2 unspecified atom stereocenters. The lowest BCUT2D eigenvalue weighted by Gasteiger charge is -2.46. The molecule has 1 aromatic rings. The number of nitrogens with zero attached hydrogens (tertiary/aromatic N) is 3. The molecule has 2 aliphatic rings. The molecule has 3 rings (SSSR count). The number of hydrogen-bond donors (Lipinski definition) is 1. The molecule has 30 heavy (non-hydrogen) atoms. The molecular formula is C23H34N4O3. The molecule has 2 heterocycles. The van der Waals surface area contributed by atoms with Crippen LogP contribution in [0.5, 0.6) is 0 Å². The minimum Gasteiger partial charge on any atom is -0.382 e. The summed E-state index contributed by atoms with van der Waals surface area (Å²) in [5.41, 5.74) is 1.17. The Balaban J connectivity index is 1.30. The molecule has 0 saturated carbocycles. The number of nitriles is 1. The molecule has 2 saturated heterocycles. The number of amides is 1. The van der Waals surface area contributed by atoms with Gasteiger partial charge in [0.05, 0.1) is 31.5 Å². The predicted octanol–water partition coefficient (Wildman–Crippen LogP) is 1.59. The largest absolute Gasteiger partial charge is 0.382 e. The number of likely N-dealkylation sites (tertiary alicyclic amines) is 2. The number of ether oxygens (including phenoxy) is 2. The molecule has 1 aromatic carbocycles. The standard InChI is InChI=1S/C23H34N4O3/c1-29-11-12-30-10-9-27-17-20-13-21(18-27)16-26(15-20)8-2-7-25-23(28)22-5-3-19(14-24)4-6-22/h3-6,20-21H,2,7-13,15-18H2,1H3,(H,25,28). The lowest BCUT2D eigenvalue weighted by molar-refractivity contribution is 0.00825. The van der Waals surface area contributed by atoms with E-state index < -0.39 is 0 Å². The summed E-state index contributed by atoms with van der Waals surface area (Å²) < 4.78 is 10.6. The van der Waals surface area contributed by atoms with Gasteiger partial charge < -0.3 is 24.6 Å². The fraction of sp³-hybridized carbons (Fsp3) is 0.652. The van der Waals surface area contributed by atoms with Gasteiger partial charge in [-0.3, -0.25) is 4.79 Å². The van der Waals surface area contributed by atoms with E-state index in [9.17, 15) is 4.79 Å². The summed E-state index contributed by atoms with van der Waals surface area (Å²) in [6.07, 6.45) is 2.30. The molecule has 0 radical (unpaired) electrons. The molecule has 7 heteroatoms. The lowest BCUT2D eigenvalue weighted by Crippen LogP contribution is -2.53. The smallest absolute Gasteiger partial charge is 0.251 e. The monoisotopic (exact) mass is 414 g/mol. The highest BCUT2D eigenvalue weighted by molar-refractivity contribution is 5.94. The first-order valence-corrected chi connectivity index (χ1v) is 11.0. The average Bonchev–Trinajstić information content (AvgIpc) is 2.76. The van der Waals surface area contributed by atoms with E-state index in [0.29, 0.717) is 30.9 Å². The van der Waals surface area contributed by atoms with Crippen LogP contribution in [0.15, 0.2) is 24.3 Å². The zero-order valence-electron chi connectivity index (χ0n) is 18.0. The normalized spacial score (nSPS) is 21.9. The first kappa shape index (κ1) is 22.7. The maximum Gasteiger partial charge on any atom is 0.251 e. The summed E-state index contributed by atoms with van der Waals surface area (Å²) in [5, 5.41) is 11.8. The van der Waals surface area contributed by atoms with Crippen LogP contribution in [0.25, 0.3) is 0 Å². The van der Waals surface area contributed by atoms with Crippen molar-refractivity contribution >= 4 is 5.91 Å². The van der Waals surface area contributed by atoms with Gasteiger partial charge in [0, 0.05) is 51.9 Å². The fourth-order valence-electron chi connectivity index (χ4n) is 4.60. The number of nitrogens with one attached hydrogen (secondary N) is 1. The number of methoxy groups -OCH3 is 1. The number of rotatable bonds is 11. The second-order valence-electron chi connectivity index (χ2n) is 8.39. The van der Waals surface area contributed by atoms with Gasteiger partial charge in [0.15, 0.2) is 0 Å². The third kappa shape index (κ3) is 7.06. The number of benzene rings is 1. The van der Waals surface area contributed by atoms with Crippen LogP contribution >= 0.6 is 0 Å².